The molecule has 0 aliphatic carbocycles. The lowest BCUT2D eigenvalue weighted by atomic mass is 10.0. The van der Waals surface area contributed by atoms with Crippen LogP contribution in [0, 0.1) is 17.0 Å². The van der Waals surface area contributed by atoms with Crippen molar-refractivity contribution >= 4 is 17.0 Å². The third-order valence-corrected chi connectivity index (χ3v) is 4.33. The van der Waals surface area contributed by atoms with Crippen LogP contribution in [0.5, 0.6) is 0 Å². The molecule has 1 heterocycles. The molecule has 3 N–H and O–H groups in total. The number of nitro groups is 1. The van der Waals surface area contributed by atoms with Crippen molar-refractivity contribution in [3.8, 4) is 0 Å². The van der Waals surface area contributed by atoms with Crippen molar-refractivity contribution < 1.29 is 15.1 Å². The molecule has 0 saturated heterocycles. The van der Waals surface area contributed by atoms with Crippen LogP contribution in [0.4, 0.5) is 5.69 Å². The number of nitrogens with zero attached hydrogens (tertiary/aromatic N) is 2. The molecule has 2 aromatic rings. The zero-order valence-corrected chi connectivity index (χ0v) is 12.8. The monoisotopic (exact) mass is 323 g/mol. The van der Waals surface area contributed by atoms with Gasteiger partial charge in [-0.2, -0.15) is 0 Å². The summed E-state index contributed by atoms with van der Waals surface area (Å²) in [7, 11) is 0. The van der Waals surface area contributed by atoms with Crippen LogP contribution in [0.2, 0.25) is 0 Å². The standard InChI is InChI=1S/C14H17N3O4S/c1-9-13(22-8-16-9)6-15-12(7-18)14(19)10-2-4-11(5-3-10)17(20)21/h2-5,8,12,14-15,18-19H,6-7H2,1H3. The lowest BCUT2D eigenvalue weighted by Crippen LogP contribution is -2.37. The summed E-state index contributed by atoms with van der Waals surface area (Å²) in [6, 6.07) is 5.08. The Balaban J connectivity index is 2.03. The zero-order valence-electron chi connectivity index (χ0n) is 12.0. The molecular formula is C14H17N3O4S. The molecule has 0 aliphatic rings. The van der Waals surface area contributed by atoms with E-state index in [1.165, 1.54) is 35.6 Å². The second-order valence-corrected chi connectivity index (χ2v) is 5.76. The summed E-state index contributed by atoms with van der Waals surface area (Å²) in [6.45, 7) is 2.13. The van der Waals surface area contributed by atoms with Crippen molar-refractivity contribution in [2.75, 3.05) is 6.61 Å². The Labute approximate surface area is 131 Å². The zero-order chi connectivity index (χ0) is 16.1. The number of aliphatic hydroxyl groups excluding tert-OH is 2. The van der Waals surface area contributed by atoms with Crippen LogP contribution in [0.1, 0.15) is 22.2 Å². The lowest BCUT2D eigenvalue weighted by Gasteiger charge is -2.22. The van der Waals surface area contributed by atoms with Crippen molar-refractivity contribution in [2.45, 2.75) is 25.6 Å². The van der Waals surface area contributed by atoms with E-state index in [4.69, 9.17) is 0 Å². The van der Waals surface area contributed by atoms with Gasteiger partial charge >= 0.3 is 0 Å². The van der Waals surface area contributed by atoms with E-state index in [1.54, 1.807) is 5.51 Å². The molecule has 0 amide bonds. The van der Waals surface area contributed by atoms with Crippen molar-refractivity contribution in [3.63, 3.8) is 0 Å². The molecule has 2 atom stereocenters. The number of rotatable bonds is 7. The van der Waals surface area contributed by atoms with Crippen LogP contribution in [-0.2, 0) is 6.54 Å². The van der Waals surface area contributed by atoms with Gasteiger partial charge in [0.05, 0.1) is 34.9 Å². The molecule has 22 heavy (non-hydrogen) atoms. The first-order valence-electron chi connectivity index (χ1n) is 6.68. The Kier molecular flexibility index (Phi) is 5.56. The molecule has 118 valence electrons. The van der Waals surface area contributed by atoms with Crippen LogP contribution in [-0.4, -0.2) is 32.8 Å². The van der Waals surface area contributed by atoms with Crippen LogP contribution >= 0.6 is 11.3 Å². The van der Waals surface area contributed by atoms with E-state index in [0.29, 0.717) is 12.1 Å². The molecule has 0 radical (unpaired) electrons. The maximum absolute atomic E-state index is 10.6. The molecule has 2 unspecified atom stereocenters. The summed E-state index contributed by atoms with van der Waals surface area (Å²) in [4.78, 5) is 15.3. The molecule has 0 bridgehead atoms. The second-order valence-electron chi connectivity index (χ2n) is 4.82. The fourth-order valence-corrected chi connectivity index (χ4v) is 2.75. The van der Waals surface area contributed by atoms with Gasteiger partial charge in [0.25, 0.3) is 5.69 Å². The highest BCUT2D eigenvalue weighted by Gasteiger charge is 2.21. The fraction of sp³-hybridized carbons (Fsp3) is 0.357. The van der Waals surface area contributed by atoms with Gasteiger partial charge in [-0.1, -0.05) is 0 Å². The highest BCUT2D eigenvalue weighted by molar-refractivity contribution is 7.09. The Hall–Kier alpha value is -1.87. The fourth-order valence-electron chi connectivity index (χ4n) is 2.02. The van der Waals surface area contributed by atoms with Gasteiger partial charge in [0.15, 0.2) is 0 Å². The van der Waals surface area contributed by atoms with Gasteiger partial charge in [0.2, 0.25) is 0 Å². The van der Waals surface area contributed by atoms with Crippen LogP contribution in [0.3, 0.4) is 0 Å². The number of hydrogen-bond acceptors (Lipinski definition) is 7. The van der Waals surface area contributed by atoms with E-state index in [-0.39, 0.29) is 12.3 Å². The highest BCUT2D eigenvalue weighted by Crippen LogP contribution is 2.21. The minimum absolute atomic E-state index is 0.0373. The first-order valence-corrected chi connectivity index (χ1v) is 7.56. The highest BCUT2D eigenvalue weighted by atomic mass is 32.1. The second kappa shape index (κ2) is 7.41. The van der Waals surface area contributed by atoms with Gasteiger partial charge in [-0.15, -0.1) is 11.3 Å². The number of aryl methyl sites for hydroxylation is 1. The molecular weight excluding hydrogens is 306 g/mol. The average molecular weight is 323 g/mol. The predicted molar refractivity (Wildman–Crippen MR) is 82.6 cm³/mol. The summed E-state index contributed by atoms with van der Waals surface area (Å²) in [5.74, 6) is 0. The summed E-state index contributed by atoms with van der Waals surface area (Å²) >= 11 is 1.50. The number of nitro benzene ring substituents is 1. The largest absolute Gasteiger partial charge is 0.395 e. The van der Waals surface area contributed by atoms with E-state index in [1.807, 2.05) is 6.92 Å². The Morgan fingerprint density at radius 2 is 2.09 bits per heavy atom. The van der Waals surface area contributed by atoms with Crippen molar-refractivity contribution in [3.05, 3.63) is 56.0 Å². The third kappa shape index (κ3) is 3.86. The predicted octanol–water partition coefficient (Wildman–Crippen LogP) is 1.54. The number of aliphatic hydroxyl groups is 2. The minimum atomic E-state index is -0.959. The van der Waals surface area contributed by atoms with Crippen molar-refractivity contribution in [1.29, 1.82) is 0 Å². The molecule has 1 aromatic carbocycles. The Morgan fingerprint density at radius 3 is 2.59 bits per heavy atom. The minimum Gasteiger partial charge on any atom is -0.395 e. The molecule has 0 fully saturated rings. The van der Waals surface area contributed by atoms with Gasteiger partial charge in [0, 0.05) is 23.6 Å². The molecule has 0 spiro atoms. The Morgan fingerprint density at radius 1 is 1.41 bits per heavy atom. The maximum Gasteiger partial charge on any atom is 0.269 e. The summed E-state index contributed by atoms with van der Waals surface area (Å²) < 4.78 is 0. The number of aromatic nitrogens is 1. The SMILES string of the molecule is Cc1ncsc1CNC(CO)C(O)c1ccc([N+](=O)[O-])cc1. The van der Waals surface area contributed by atoms with E-state index in [2.05, 4.69) is 10.3 Å². The Bertz CT molecular complexity index is 629. The smallest absolute Gasteiger partial charge is 0.269 e. The average Bonchev–Trinajstić information content (AvgIpc) is 2.93. The molecule has 0 saturated carbocycles. The third-order valence-electron chi connectivity index (χ3n) is 3.39. The molecule has 2 rings (SSSR count). The van der Waals surface area contributed by atoms with E-state index >= 15 is 0 Å². The molecule has 0 aliphatic heterocycles. The topological polar surface area (TPSA) is 109 Å². The number of hydrogen-bond donors (Lipinski definition) is 3. The van der Waals surface area contributed by atoms with Gasteiger partial charge in [-0.25, -0.2) is 4.98 Å². The van der Waals surface area contributed by atoms with Gasteiger partial charge in [-0.05, 0) is 24.6 Å². The quantitative estimate of drug-likeness (QED) is 0.527. The van der Waals surface area contributed by atoms with Gasteiger partial charge < -0.3 is 15.5 Å². The number of thiazole rings is 1. The number of non-ortho nitro benzene ring substituents is 1. The summed E-state index contributed by atoms with van der Waals surface area (Å²) in [5.41, 5.74) is 3.13. The van der Waals surface area contributed by atoms with E-state index < -0.39 is 17.1 Å². The van der Waals surface area contributed by atoms with E-state index in [0.717, 1.165) is 10.6 Å². The summed E-state index contributed by atoms with van der Waals surface area (Å²) in [5, 5.41) is 33.5. The first kappa shape index (κ1) is 16.5. The summed E-state index contributed by atoms with van der Waals surface area (Å²) in [6.07, 6.45) is -0.959. The van der Waals surface area contributed by atoms with Crippen LogP contribution < -0.4 is 5.32 Å². The van der Waals surface area contributed by atoms with Crippen molar-refractivity contribution in [2.24, 2.45) is 0 Å². The number of benzene rings is 1. The maximum atomic E-state index is 10.6. The van der Waals surface area contributed by atoms with Gasteiger partial charge in [0.1, 0.15) is 0 Å². The van der Waals surface area contributed by atoms with E-state index in [9.17, 15) is 20.3 Å². The van der Waals surface area contributed by atoms with Crippen LogP contribution in [0.25, 0.3) is 0 Å². The molecule has 1 aromatic heterocycles. The van der Waals surface area contributed by atoms with Gasteiger partial charge in [-0.3, -0.25) is 10.1 Å². The molecule has 7 nitrogen and oxygen atoms in total. The van der Waals surface area contributed by atoms with Crippen LogP contribution in [0.15, 0.2) is 29.8 Å². The first-order chi connectivity index (χ1) is 10.5. The number of nitrogens with one attached hydrogen (secondary N) is 1. The van der Waals surface area contributed by atoms with Crippen molar-refractivity contribution in [1.82, 2.24) is 10.3 Å². The lowest BCUT2D eigenvalue weighted by molar-refractivity contribution is -0.384. The molecule has 8 heteroatoms. The normalized spacial score (nSPS) is 13.8.